The number of ether oxygens (including phenoxy) is 2. The molecule has 0 amide bonds. The third-order valence-corrected chi connectivity index (χ3v) is 3.22. The third-order valence-electron chi connectivity index (χ3n) is 3.22. The lowest BCUT2D eigenvalue weighted by molar-refractivity contribution is 0.111. The zero-order valence-electron chi connectivity index (χ0n) is 12.5. The van der Waals surface area contributed by atoms with Gasteiger partial charge in [-0.15, -0.1) is 5.10 Å². The zero-order chi connectivity index (χ0) is 15.2. The maximum atomic E-state index is 11.2. The molecule has 2 rings (SSSR count). The normalized spacial score (nSPS) is 10.4. The van der Waals surface area contributed by atoms with Crippen molar-refractivity contribution in [1.82, 2.24) is 15.0 Å². The van der Waals surface area contributed by atoms with Crippen LogP contribution in [0, 0.1) is 0 Å². The molecule has 0 aliphatic rings. The number of aldehydes is 1. The number of benzene rings is 1. The van der Waals surface area contributed by atoms with Crippen molar-refractivity contribution >= 4 is 6.29 Å². The summed E-state index contributed by atoms with van der Waals surface area (Å²) in [5.41, 5.74) is 1.81. The molecule has 0 spiro atoms. The molecule has 0 N–H and O–H groups in total. The summed E-state index contributed by atoms with van der Waals surface area (Å²) < 4.78 is 12.3. The van der Waals surface area contributed by atoms with E-state index in [1.165, 1.54) is 0 Å². The van der Waals surface area contributed by atoms with Gasteiger partial charge in [0.15, 0.2) is 12.0 Å². The molecule has 0 unspecified atom stereocenters. The third kappa shape index (κ3) is 3.21. The average Bonchev–Trinajstić information content (AvgIpc) is 2.95. The highest BCUT2D eigenvalue weighted by Gasteiger charge is 2.16. The highest BCUT2D eigenvalue weighted by atomic mass is 16.5. The van der Waals surface area contributed by atoms with Crippen LogP contribution in [0.15, 0.2) is 18.2 Å². The van der Waals surface area contributed by atoms with Crippen molar-refractivity contribution in [1.29, 1.82) is 0 Å². The Morgan fingerprint density at radius 3 is 2.38 bits per heavy atom. The Bertz CT molecular complexity index is 600. The van der Waals surface area contributed by atoms with E-state index in [9.17, 15) is 4.79 Å². The Balaban J connectivity index is 2.53. The Kier molecular flexibility index (Phi) is 4.92. The molecule has 0 aliphatic carbocycles. The molecule has 21 heavy (non-hydrogen) atoms. The second-order valence-corrected chi connectivity index (χ2v) is 4.62. The van der Waals surface area contributed by atoms with Gasteiger partial charge in [0.2, 0.25) is 0 Å². The summed E-state index contributed by atoms with van der Waals surface area (Å²) in [6.07, 6.45) is 2.73. The lowest BCUT2D eigenvalue weighted by atomic mass is 10.1. The summed E-state index contributed by atoms with van der Waals surface area (Å²) in [4.78, 5) is 11.2. The Hall–Kier alpha value is -2.37. The van der Waals surface area contributed by atoms with Gasteiger partial charge in [0, 0.05) is 18.2 Å². The fraction of sp³-hybridized carbons (Fsp3) is 0.400. The molecule has 0 saturated carbocycles. The van der Waals surface area contributed by atoms with Gasteiger partial charge in [-0.1, -0.05) is 18.6 Å². The number of nitrogens with zero attached hydrogens (tertiary/aromatic N) is 3. The van der Waals surface area contributed by atoms with Crippen LogP contribution >= 0.6 is 0 Å². The molecule has 0 fully saturated rings. The van der Waals surface area contributed by atoms with E-state index in [1.807, 2.05) is 12.1 Å². The fourth-order valence-corrected chi connectivity index (χ4v) is 2.11. The number of aryl methyl sites for hydroxylation is 1. The summed E-state index contributed by atoms with van der Waals surface area (Å²) in [7, 11) is 3.18. The van der Waals surface area contributed by atoms with Crippen LogP contribution in [0.4, 0.5) is 0 Å². The van der Waals surface area contributed by atoms with E-state index in [-0.39, 0.29) is 0 Å². The Morgan fingerprint density at radius 2 is 1.86 bits per heavy atom. The quantitative estimate of drug-likeness (QED) is 0.733. The lowest BCUT2D eigenvalue weighted by Gasteiger charge is -2.10. The molecule has 0 aliphatic heterocycles. The summed E-state index contributed by atoms with van der Waals surface area (Å²) in [6, 6.07) is 5.47. The van der Waals surface area contributed by atoms with Crippen LogP contribution in [-0.4, -0.2) is 35.5 Å². The van der Waals surface area contributed by atoms with Gasteiger partial charge in [-0.2, -0.15) is 0 Å². The smallest absolute Gasteiger partial charge is 0.172 e. The topological polar surface area (TPSA) is 66.2 Å². The largest absolute Gasteiger partial charge is 0.497 e. The number of aromatic nitrogens is 3. The number of methoxy groups -OCH3 is 2. The van der Waals surface area contributed by atoms with Crippen molar-refractivity contribution in [3.63, 3.8) is 0 Å². The van der Waals surface area contributed by atoms with E-state index >= 15 is 0 Å². The predicted molar refractivity (Wildman–Crippen MR) is 78.9 cm³/mol. The first-order valence-electron chi connectivity index (χ1n) is 6.85. The Labute approximate surface area is 123 Å². The summed E-state index contributed by atoms with van der Waals surface area (Å²) >= 11 is 0. The molecule has 0 bridgehead atoms. The van der Waals surface area contributed by atoms with Crippen molar-refractivity contribution < 1.29 is 14.3 Å². The summed E-state index contributed by atoms with van der Waals surface area (Å²) in [5, 5.41) is 8.00. The molecular formula is C15H19N3O3. The molecule has 1 aromatic carbocycles. The number of rotatable bonds is 7. The van der Waals surface area contributed by atoms with E-state index in [0.717, 1.165) is 24.7 Å². The molecular weight excluding hydrogens is 270 g/mol. The van der Waals surface area contributed by atoms with E-state index in [1.54, 1.807) is 25.0 Å². The van der Waals surface area contributed by atoms with Gasteiger partial charge in [-0.25, -0.2) is 4.68 Å². The molecule has 2 aromatic rings. The lowest BCUT2D eigenvalue weighted by Crippen LogP contribution is -2.03. The van der Waals surface area contributed by atoms with Crippen LogP contribution in [0.1, 0.15) is 30.3 Å². The summed E-state index contributed by atoms with van der Waals surface area (Å²) in [6.45, 7) is 2.82. The van der Waals surface area contributed by atoms with Gasteiger partial charge in [-0.05, 0) is 18.6 Å². The maximum Gasteiger partial charge on any atom is 0.172 e. The van der Waals surface area contributed by atoms with Crippen LogP contribution in [0.3, 0.4) is 0 Å². The van der Waals surface area contributed by atoms with Crippen LogP contribution in [0.2, 0.25) is 0 Å². The van der Waals surface area contributed by atoms with Gasteiger partial charge >= 0.3 is 0 Å². The van der Waals surface area contributed by atoms with Crippen LogP contribution in [-0.2, 0) is 6.54 Å². The predicted octanol–water partition coefficient (Wildman–Crippen LogP) is 2.57. The van der Waals surface area contributed by atoms with Gasteiger partial charge in [0.1, 0.15) is 11.5 Å². The second kappa shape index (κ2) is 6.88. The number of carbonyl (C=O) groups is 1. The molecule has 0 saturated heterocycles. The second-order valence-electron chi connectivity index (χ2n) is 4.62. The fourth-order valence-electron chi connectivity index (χ4n) is 2.11. The first-order valence-corrected chi connectivity index (χ1v) is 6.85. The standard InChI is InChI=1S/C15H19N3O3/c1-4-5-6-18-15(14(10-19)16-17-18)11-7-12(20-2)9-13(8-11)21-3/h7-10H,4-6H2,1-3H3. The van der Waals surface area contributed by atoms with E-state index in [2.05, 4.69) is 17.2 Å². The molecule has 0 radical (unpaired) electrons. The minimum absolute atomic E-state index is 0.321. The number of hydrogen-bond acceptors (Lipinski definition) is 5. The van der Waals surface area contributed by atoms with Crippen LogP contribution < -0.4 is 9.47 Å². The van der Waals surface area contributed by atoms with Crippen LogP contribution in [0.5, 0.6) is 11.5 Å². The molecule has 6 nitrogen and oxygen atoms in total. The zero-order valence-corrected chi connectivity index (χ0v) is 12.5. The molecule has 0 atom stereocenters. The van der Waals surface area contributed by atoms with E-state index in [4.69, 9.17) is 9.47 Å². The van der Waals surface area contributed by atoms with Gasteiger partial charge in [-0.3, -0.25) is 4.79 Å². The first kappa shape index (κ1) is 15.0. The van der Waals surface area contributed by atoms with Gasteiger partial charge in [0.25, 0.3) is 0 Å². The minimum atomic E-state index is 0.321. The number of hydrogen-bond donors (Lipinski definition) is 0. The average molecular weight is 289 g/mol. The van der Waals surface area contributed by atoms with Crippen molar-refractivity contribution in [3.05, 3.63) is 23.9 Å². The van der Waals surface area contributed by atoms with Crippen molar-refractivity contribution in [2.24, 2.45) is 0 Å². The number of carbonyl (C=O) groups excluding carboxylic acids is 1. The highest BCUT2D eigenvalue weighted by molar-refractivity contribution is 5.83. The molecule has 6 heteroatoms. The number of unbranched alkanes of at least 4 members (excludes halogenated alkanes) is 1. The molecule has 112 valence electrons. The van der Waals surface area contributed by atoms with Gasteiger partial charge in [0.05, 0.1) is 19.9 Å². The summed E-state index contributed by atoms with van der Waals surface area (Å²) in [5.74, 6) is 1.31. The molecule has 1 heterocycles. The maximum absolute atomic E-state index is 11.2. The Morgan fingerprint density at radius 1 is 1.19 bits per heavy atom. The highest BCUT2D eigenvalue weighted by Crippen LogP contribution is 2.30. The van der Waals surface area contributed by atoms with Crippen molar-refractivity contribution in [2.45, 2.75) is 26.3 Å². The van der Waals surface area contributed by atoms with E-state index in [0.29, 0.717) is 29.4 Å². The van der Waals surface area contributed by atoms with E-state index < -0.39 is 0 Å². The van der Waals surface area contributed by atoms with Crippen molar-refractivity contribution in [2.75, 3.05) is 14.2 Å². The minimum Gasteiger partial charge on any atom is -0.497 e. The molecule has 1 aromatic heterocycles. The van der Waals surface area contributed by atoms with Crippen LogP contribution in [0.25, 0.3) is 11.3 Å². The first-order chi connectivity index (χ1) is 10.2. The monoisotopic (exact) mass is 289 g/mol. The van der Waals surface area contributed by atoms with Gasteiger partial charge < -0.3 is 9.47 Å². The SMILES string of the molecule is CCCCn1nnc(C=O)c1-c1cc(OC)cc(OC)c1. The van der Waals surface area contributed by atoms with Crippen molar-refractivity contribution in [3.8, 4) is 22.8 Å².